The molecule has 0 aromatic heterocycles. The first kappa shape index (κ1) is 25.8. The van der Waals surface area contributed by atoms with Crippen molar-refractivity contribution in [3.8, 4) is 0 Å². The predicted molar refractivity (Wildman–Crippen MR) is 141 cm³/mol. The van der Waals surface area contributed by atoms with Gasteiger partial charge in [-0.1, -0.05) is 69.9 Å². The van der Waals surface area contributed by atoms with Crippen LogP contribution in [0.4, 0.5) is 11.4 Å². The first-order valence-electron chi connectivity index (χ1n) is 13.0. The molecule has 0 spiro atoms. The number of anilines is 2. The summed E-state index contributed by atoms with van der Waals surface area (Å²) in [5.41, 5.74) is 3.32. The molecule has 1 heterocycles. The van der Waals surface area contributed by atoms with Crippen LogP contribution in [-0.4, -0.2) is 24.9 Å². The van der Waals surface area contributed by atoms with Crippen LogP contribution in [0, 0.1) is 5.92 Å². The Morgan fingerprint density at radius 1 is 1.00 bits per heavy atom. The van der Waals surface area contributed by atoms with E-state index in [4.69, 9.17) is 0 Å². The van der Waals surface area contributed by atoms with Crippen molar-refractivity contribution in [1.29, 1.82) is 0 Å². The molecule has 184 valence electrons. The van der Waals surface area contributed by atoms with E-state index in [1.807, 2.05) is 55.5 Å². The summed E-state index contributed by atoms with van der Waals surface area (Å²) >= 11 is 0. The number of carbonyl (C=O) groups is 2. The number of nitrogens with one attached hydrogen (secondary N) is 2. The third-order valence-corrected chi connectivity index (χ3v) is 6.80. The van der Waals surface area contributed by atoms with Gasteiger partial charge in [0.25, 0.3) is 5.91 Å². The Kier molecular flexibility index (Phi) is 9.99. The number of hydrogen-bond donors (Lipinski definition) is 2. The largest absolute Gasteiger partial charge is 0.371 e. The lowest BCUT2D eigenvalue weighted by atomic mass is 9.97. The molecular formula is C29H41N3O2. The quantitative estimate of drug-likeness (QED) is 0.364. The highest BCUT2D eigenvalue weighted by Crippen LogP contribution is 2.29. The maximum Gasteiger partial charge on any atom is 0.253 e. The fourth-order valence-electron chi connectivity index (χ4n) is 4.53. The topological polar surface area (TPSA) is 61.4 Å². The van der Waals surface area contributed by atoms with E-state index in [1.165, 1.54) is 19.3 Å². The normalized spacial score (nSPS) is 15.1. The van der Waals surface area contributed by atoms with Crippen molar-refractivity contribution in [3.05, 3.63) is 59.7 Å². The second-order valence-corrected chi connectivity index (χ2v) is 9.72. The second kappa shape index (κ2) is 13.2. The summed E-state index contributed by atoms with van der Waals surface area (Å²) in [5.74, 6) is 0.614. The van der Waals surface area contributed by atoms with Crippen LogP contribution in [0.15, 0.2) is 48.5 Å². The highest BCUT2D eigenvalue weighted by Gasteiger charge is 2.23. The Morgan fingerprint density at radius 3 is 2.41 bits per heavy atom. The molecule has 3 rings (SSSR count). The van der Waals surface area contributed by atoms with Gasteiger partial charge in [0.05, 0.1) is 11.6 Å². The molecule has 0 aliphatic carbocycles. The molecule has 2 N–H and O–H groups in total. The van der Waals surface area contributed by atoms with Crippen LogP contribution in [0.25, 0.3) is 0 Å². The number of amides is 2. The SMILES string of the molecule is CCCCCCCC(=O)Nc1ccc(N2CCC(C)CC2)c(C(=O)NC(C)c2ccccc2)c1. The Bertz CT molecular complexity index is 920. The van der Waals surface area contributed by atoms with Crippen molar-refractivity contribution >= 4 is 23.2 Å². The minimum absolute atomic E-state index is 0.0139. The fourth-order valence-corrected chi connectivity index (χ4v) is 4.53. The minimum atomic E-state index is -0.111. The molecule has 1 saturated heterocycles. The maximum atomic E-state index is 13.4. The van der Waals surface area contributed by atoms with E-state index in [2.05, 4.69) is 29.4 Å². The van der Waals surface area contributed by atoms with E-state index >= 15 is 0 Å². The summed E-state index contributed by atoms with van der Waals surface area (Å²) in [6.45, 7) is 8.36. The summed E-state index contributed by atoms with van der Waals surface area (Å²) in [6.07, 6.45) is 8.34. The zero-order valence-corrected chi connectivity index (χ0v) is 21.1. The Morgan fingerprint density at radius 2 is 1.71 bits per heavy atom. The zero-order valence-electron chi connectivity index (χ0n) is 21.1. The van der Waals surface area contributed by atoms with E-state index in [0.717, 1.165) is 50.0 Å². The molecular weight excluding hydrogens is 422 g/mol. The van der Waals surface area contributed by atoms with Gasteiger partial charge in [-0.3, -0.25) is 9.59 Å². The summed E-state index contributed by atoms with van der Waals surface area (Å²) in [6, 6.07) is 15.6. The van der Waals surface area contributed by atoms with Crippen LogP contribution in [-0.2, 0) is 4.79 Å². The average Bonchev–Trinajstić information content (AvgIpc) is 2.85. The molecule has 1 unspecified atom stereocenters. The molecule has 2 amide bonds. The van der Waals surface area contributed by atoms with Gasteiger partial charge in [0.1, 0.15) is 0 Å². The highest BCUT2D eigenvalue weighted by atomic mass is 16.2. The van der Waals surface area contributed by atoms with Crippen molar-refractivity contribution in [2.45, 2.75) is 78.2 Å². The van der Waals surface area contributed by atoms with Gasteiger partial charge in [0, 0.05) is 30.9 Å². The molecule has 1 aliphatic heterocycles. The third-order valence-electron chi connectivity index (χ3n) is 6.80. The second-order valence-electron chi connectivity index (χ2n) is 9.72. The minimum Gasteiger partial charge on any atom is -0.371 e. The van der Waals surface area contributed by atoms with Crippen molar-refractivity contribution in [2.75, 3.05) is 23.3 Å². The molecule has 1 aliphatic rings. The van der Waals surface area contributed by atoms with E-state index < -0.39 is 0 Å². The molecule has 5 heteroatoms. The monoisotopic (exact) mass is 463 g/mol. The van der Waals surface area contributed by atoms with Gasteiger partial charge in [0.15, 0.2) is 0 Å². The molecule has 1 atom stereocenters. The van der Waals surface area contributed by atoms with Crippen LogP contribution in [0.5, 0.6) is 0 Å². The molecule has 5 nitrogen and oxygen atoms in total. The van der Waals surface area contributed by atoms with Crippen LogP contribution in [0.1, 0.15) is 94.1 Å². The number of carbonyl (C=O) groups excluding carboxylic acids is 2. The van der Waals surface area contributed by atoms with Gasteiger partial charge < -0.3 is 15.5 Å². The lowest BCUT2D eigenvalue weighted by Gasteiger charge is -2.33. The first-order valence-corrected chi connectivity index (χ1v) is 13.0. The smallest absolute Gasteiger partial charge is 0.253 e. The molecule has 1 fully saturated rings. The summed E-state index contributed by atoms with van der Waals surface area (Å²) in [4.78, 5) is 28.2. The molecule has 0 saturated carbocycles. The van der Waals surface area contributed by atoms with Gasteiger partial charge in [-0.2, -0.15) is 0 Å². The van der Waals surface area contributed by atoms with E-state index in [0.29, 0.717) is 23.6 Å². The van der Waals surface area contributed by atoms with Crippen LogP contribution in [0.2, 0.25) is 0 Å². The van der Waals surface area contributed by atoms with Crippen molar-refractivity contribution in [2.24, 2.45) is 5.92 Å². The Balaban J connectivity index is 1.73. The number of rotatable bonds is 11. The van der Waals surface area contributed by atoms with E-state index in [9.17, 15) is 9.59 Å². The van der Waals surface area contributed by atoms with Crippen molar-refractivity contribution < 1.29 is 9.59 Å². The number of benzene rings is 2. The van der Waals surface area contributed by atoms with Gasteiger partial charge >= 0.3 is 0 Å². The highest BCUT2D eigenvalue weighted by molar-refractivity contribution is 6.02. The van der Waals surface area contributed by atoms with E-state index in [-0.39, 0.29) is 17.9 Å². The number of nitrogens with zero attached hydrogens (tertiary/aromatic N) is 1. The lowest BCUT2D eigenvalue weighted by Crippen LogP contribution is -2.35. The van der Waals surface area contributed by atoms with Crippen LogP contribution < -0.4 is 15.5 Å². The maximum absolute atomic E-state index is 13.4. The molecule has 2 aromatic carbocycles. The fraction of sp³-hybridized carbons (Fsp3) is 0.517. The van der Waals surface area contributed by atoms with Crippen LogP contribution in [0.3, 0.4) is 0 Å². The van der Waals surface area contributed by atoms with Gasteiger partial charge in [-0.15, -0.1) is 0 Å². The van der Waals surface area contributed by atoms with Crippen LogP contribution >= 0.6 is 0 Å². The molecule has 0 bridgehead atoms. The van der Waals surface area contributed by atoms with E-state index in [1.54, 1.807) is 0 Å². The Hall–Kier alpha value is -2.82. The zero-order chi connectivity index (χ0) is 24.3. The number of piperidine rings is 1. The molecule has 2 aromatic rings. The third kappa shape index (κ3) is 7.61. The standard InChI is InChI=1S/C29H41N3O2/c1-4-5-6-7-11-14-28(33)31-25-15-16-27(32-19-17-22(2)18-20-32)26(21-25)29(34)30-23(3)24-12-9-8-10-13-24/h8-10,12-13,15-16,21-23H,4-7,11,14,17-20H2,1-3H3,(H,30,34)(H,31,33). The lowest BCUT2D eigenvalue weighted by molar-refractivity contribution is -0.116. The van der Waals surface area contributed by atoms with Crippen molar-refractivity contribution in [1.82, 2.24) is 5.32 Å². The number of hydrogen-bond acceptors (Lipinski definition) is 3. The van der Waals surface area contributed by atoms with Gasteiger partial charge in [-0.25, -0.2) is 0 Å². The first-order chi connectivity index (χ1) is 16.5. The van der Waals surface area contributed by atoms with Crippen molar-refractivity contribution in [3.63, 3.8) is 0 Å². The average molecular weight is 464 g/mol. The summed E-state index contributed by atoms with van der Waals surface area (Å²) < 4.78 is 0. The summed E-state index contributed by atoms with van der Waals surface area (Å²) in [7, 11) is 0. The molecule has 0 radical (unpaired) electrons. The Labute approximate surface area is 205 Å². The molecule has 34 heavy (non-hydrogen) atoms. The predicted octanol–water partition coefficient (Wildman–Crippen LogP) is 6.71. The number of unbranched alkanes of at least 4 members (excludes halogenated alkanes) is 4. The summed E-state index contributed by atoms with van der Waals surface area (Å²) in [5, 5.41) is 6.17. The van der Waals surface area contributed by atoms with Gasteiger partial charge in [0.2, 0.25) is 5.91 Å². The van der Waals surface area contributed by atoms with Gasteiger partial charge in [-0.05, 0) is 55.9 Å².